The summed E-state index contributed by atoms with van der Waals surface area (Å²) in [5.41, 5.74) is 1.78. The molecule has 2 rings (SSSR count). The Bertz CT molecular complexity index is 444. The van der Waals surface area contributed by atoms with Crippen molar-refractivity contribution in [3.8, 4) is 0 Å². The maximum atomic E-state index is 9.96. The second-order valence-electron chi connectivity index (χ2n) is 3.43. The number of anilines is 1. The van der Waals surface area contributed by atoms with E-state index in [0.29, 0.717) is 11.6 Å². The molecule has 4 heteroatoms. The van der Waals surface area contributed by atoms with Crippen LogP contribution in [0.15, 0.2) is 41.1 Å². The monoisotopic (exact) mass is 253 g/mol. The van der Waals surface area contributed by atoms with E-state index in [1.807, 2.05) is 35.0 Å². The van der Waals surface area contributed by atoms with E-state index in [1.165, 1.54) is 0 Å². The topological polar surface area (TPSA) is 32.3 Å². The molecule has 1 aromatic carbocycles. The number of aliphatic hydroxyl groups excluding tert-OH is 1. The average Bonchev–Trinajstić information content (AvgIpc) is 2.79. The maximum Gasteiger partial charge on any atom is 0.0976 e. The van der Waals surface area contributed by atoms with Gasteiger partial charge in [-0.1, -0.05) is 29.8 Å². The Morgan fingerprint density at radius 3 is 2.81 bits per heavy atom. The molecule has 1 unspecified atom stereocenters. The Balaban J connectivity index is 1.98. The molecule has 0 fully saturated rings. The minimum absolute atomic E-state index is 0.459. The van der Waals surface area contributed by atoms with Crippen molar-refractivity contribution in [1.82, 2.24) is 0 Å². The fraction of sp³-hybridized carbons (Fsp3) is 0.167. The molecule has 0 spiro atoms. The zero-order valence-electron chi connectivity index (χ0n) is 8.56. The first-order chi connectivity index (χ1) is 7.77. The summed E-state index contributed by atoms with van der Waals surface area (Å²) in [6, 6.07) is 9.32. The summed E-state index contributed by atoms with van der Waals surface area (Å²) >= 11 is 7.61. The van der Waals surface area contributed by atoms with Gasteiger partial charge in [0, 0.05) is 28.2 Å². The van der Waals surface area contributed by atoms with Gasteiger partial charge >= 0.3 is 0 Å². The fourth-order valence-electron chi connectivity index (χ4n) is 1.43. The summed E-state index contributed by atoms with van der Waals surface area (Å²) in [6.45, 7) is 0.459. The summed E-state index contributed by atoms with van der Waals surface area (Å²) < 4.78 is 0. The van der Waals surface area contributed by atoms with Gasteiger partial charge in [-0.15, -0.1) is 0 Å². The Morgan fingerprint density at radius 1 is 1.31 bits per heavy atom. The van der Waals surface area contributed by atoms with Crippen LogP contribution in [0.5, 0.6) is 0 Å². The Labute approximate surface area is 104 Å². The van der Waals surface area contributed by atoms with Crippen LogP contribution in [0.1, 0.15) is 11.7 Å². The molecule has 0 saturated heterocycles. The van der Waals surface area contributed by atoms with Gasteiger partial charge in [0.05, 0.1) is 6.10 Å². The lowest BCUT2D eigenvalue weighted by Gasteiger charge is -2.13. The van der Waals surface area contributed by atoms with E-state index in [4.69, 9.17) is 11.6 Å². The highest BCUT2D eigenvalue weighted by Gasteiger charge is 2.10. The molecule has 0 aliphatic rings. The van der Waals surface area contributed by atoms with E-state index in [1.54, 1.807) is 17.4 Å². The van der Waals surface area contributed by atoms with Gasteiger partial charge < -0.3 is 10.4 Å². The van der Waals surface area contributed by atoms with Gasteiger partial charge in [0.1, 0.15) is 0 Å². The van der Waals surface area contributed by atoms with Crippen LogP contribution in [0.4, 0.5) is 5.69 Å². The lowest BCUT2D eigenvalue weighted by atomic mass is 10.1. The molecule has 0 bridgehead atoms. The van der Waals surface area contributed by atoms with Gasteiger partial charge in [-0.3, -0.25) is 0 Å². The molecule has 16 heavy (non-hydrogen) atoms. The largest absolute Gasteiger partial charge is 0.387 e. The van der Waals surface area contributed by atoms with E-state index in [2.05, 4.69) is 5.32 Å². The van der Waals surface area contributed by atoms with Crippen molar-refractivity contribution < 1.29 is 5.11 Å². The van der Waals surface area contributed by atoms with E-state index in [9.17, 15) is 5.11 Å². The van der Waals surface area contributed by atoms with E-state index in [-0.39, 0.29) is 0 Å². The normalized spacial score (nSPS) is 12.4. The van der Waals surface area contributed by atoms with Gasteiger partial charge in [0.25, 0.3) is 0 Å². The van der Waals surface area contributed by atoms with Crippen molar-refractivity contribution in [2.75, 3.05) is 11.9 Å². The molecule has 1 atom stereocenters. The predicted octanol–water partition coefficient (Wildman–Crippen LogP) is 3.55. The van der Waals surface area contributed by atoms with Crippen LogP contribution in [0.3, 0.4) is 0 Å². The molecule has 1 aromatic heterocycles. The molecule has 1 heterocycles. The molecule has 0 saturated carbocycles. The minimum Gasteiger partial charge on any atom is -0.387 e. The average molecular weight is 254 g/mol. The van der Waals surface area contributed by atoms with Crippen molar-refractivity contribution >= 4 is 28.6 Å². The molecule has 2 aromatic rings. The van der Waals surface area contributed by atoms with Gasteiger partial charge in [0.15, 0.2) is 0 Å². The van der Waals surface area contributed by atoms with E-state index in [0.717, 1.165) is 11.3 Å². The van der Waals surface area contributed by atoms with E-state index < -0.39 is 6.10 Å². The van der Waals surface area contributed by atoms with E-state index >= 15 is 0 Å². The number of hydrogen-bond donors (Lipinski definition) is 2. The number of rotatable bonds is 4. The molecular weight excluding hydrogens is 242 g/mol. The van der Waals surface area contributed by atoms with Crippen molar-refractivity contribution in [3.05, 3.63) is 51.7 Å². The van der Waals surface area contributed by atoms with Crippen LogP contribution < -0.4 is 5.32 Å². The Kier molecular flexibility index (Phi) is 3.83. The van der Waals surface area contributed by atoms with Crippen LogP contribution in [0.25, 0.3) is 0 Å². The van der Waals surface area contributed by atoms with Crippen molar-refractivity contribution in [2.24, 2.45) is 0 Å². The third-order valence-electron chi connectivity index (χ3n) is 2.28. The number of halogens is 1. The van der Waals surface area contributed by atoms with Crippen molar-refractivity contribution in [1.29, 1.82) is 0 Å². The molecule has 2 nitrogen and oxygen atoms in total. The quantitative estimate of drug-likeness (QED) is 0.874. The summed E-state index contributed by atoms with van der Waals surface area (Å²) in [5, 5.41) is 17.7. The zero-order chi connectivity index (χ0) is 11.4. The van der Waals surface area contributed by atoms with Crippen molar-refractivity contribution in [2.45, 2.75) is 6.10 Å². The lowest BCUT2D eigenvalue weighted by molar-refractivity contribution is 0.192. The number of benzene rings is 1. The molecule has 0 aliphatic carbocycles. The molecule has 0 aliphatic heterocycles. The third-order valence-corrected chi connectivity index (χ3v) is 3.31. The zero-order valence-corrected chi connectivity index (χ0v) is 10.1. The first-order valence-corrected chi connectivity index (χ1v) is 6.28. The van der Waals surface area contributed by atoms with Gasteiger partial charge in [-0.05, 0) is 17.5 Å². The smallest absolute Gasteiger partial charge is 0.0976 e. The Morgan fingerprint density at radius 2 is 2.12 bits per heavy atom. The van der Waals surface area contributed by atoms with Crippen LogP contribution in [0, 0.1) is 0 Å². The number of thiophene rings is 1. The second kappa shape index (κ2) is 5.34. The molecule has 0 amide bonds. The SMILES string of the molecule is OC(CNc1ccsc1)c1ccccc1Cl. The van der Waals surface area contributed by atoms with Gasteiger partial charge in [0.2, 0.25) is 0 Å². The second-order valence-corrected chi connectivity index (χ2v) is 4.62. The summed E-state index contributed by atoms with van der Waals surface area (Å²) in [7, 11) is 0. The standard InChI is InChI=1S/C12H12ClNOS/c13-11-4-2-1-3-10(11)12(15)7-14-9-5-6-16-8-9/h1-6,8,12,14-15H,7H2. The molecule has 84 valence electrons. The summed E-state index contributed by atoms with van der Waals surface area (Å²) in [4.78, 5) is 0. The van der Waals surface area contributed by atoms with Crippen LogP contribution >= 0.6 is 22.9 Å². The van der Waals surface area contributed by atoms with Gasteiger partial charge in [-0.25, -0.2) is 0 Å². The van der Waals surface area contributed by atoms with Crippen LogP contribution in [-0.4, -0.2) is 11.7 Å². The maximum absolute atomic E-state index is 9.96. The molecule has 2 N–H and O–H groups in total. The van der Waals surface area contributed by atoms with Crippen LogP contribution in [0.2, 0.25) is 5.02 Å². The summed E-state index contributed by atoms with van der Waals surface area (Å²) in [5.74, 6) is 0. The number of aliphatic hydroxyl groups is 1. The molecule has 0 radical (unpaired) electrons. The number of nitrogens with one attached hydrogen (secondary N) is 1. The van der Waals surface area contributed by atoms with Crippen molar-refractivity contribution in [3.63, 3.8) is 0 Å². The Hall–Kier alpha value is -1.03. The lowest BCUT2D eigenvalue weighted by Crippen LogP contribution is -2.11. The fourth-order valence-corrected chi connectivity index (χ4v) is 2.31. The first kappa shape index (κ1) is 11.5. The minimum atomic E-state index is -0.589. The molecular formula is C12H12ClNOS. The summed E-state index contributed by atoms with van der Waals surface area (Å²) in [6.07, 6.45) is -0.589. The predicted molar refractivity (Wildman–Crippen MR) is 69.2 cm³/mol. The highest BCUT2D eigenvalue weighted by atomic mass is 35.5. The van der Waals surface area contributed by atoms with Crippen LogP contribution in [-0.2, 0) is 0 Å². The number of hydrogen-bond acceptors (Lipinski definition) is 3. The highest BCUT2D eigenvalue weighted by molar-refractivity contribution is 7.08. The third kappa shape index (κ3) is 2.76. The van der Waals surface area contributed by atoms with Gasteiger partial charge in [-0.2, -0.15) is 11.3 Å². The first-order valence-electron chi connectivity index (χ1n) is 4.96. The highest BCUT2D eigenvalue weighted by Crippen LogP contribution is 2.23.